The second kappa shape index (κ2) is 11.2. The van der Waals surface area contributed by atoms with Crippen molar-refractivity contribution in [3.63, 3.8) is 0 Å². The number of hydrogen-bond acceptors (Lipinski definition) is 9. The van der Waals surface area contributed by atoms with Crippen LogP contribution in [0.2, 0.25) is 10.0 Å². The molecule has 0 atom stereocenters. The Kier molecular flexibility index (Phi) is 8.25. The summed E-state index contributed by atoms with van der Waals surface area (Å²) in [7, 11) is 0. The van der Waals surface area contributed by atoms with E-state index >= 15 is 0 Å². The maximum atomic E-state index is 13.0. The molecule has 4 aromatic rings. The molecule has 210 valence electrons. The minimum absolute atomic E-state index is 0.0621. The molecule has 1 N–H and O–H groups in total. The highest BCUT2D eigenvalue weighted by Gasteiger charge is 2.34. The fourth-order valence-electron chi connectivity index (χ4n) is 3.43. The van der Waals surface area contributed by atoms with Crippen molar-refractivity contribution in [3.8, 4) is 5.69 Å². The molecule has 0 aliphatic heterocycles. The molecule has 2 amide bonds. The first kappa shape index (κ1) is 29.5. The second-order valence-corrected chi connectivity index (χ2v) is 12.2. The molecular weight excluding hydrogens is 625 g/mol. The number of ether oxygens (including phenoxy) is 2. The Balaban J connectivity index is 1.73. The minimum atomic E-state index is -0.951. The second-order valence-electron chi connectivity index (χ2n) is 10.5. The van der Waals surface area contributed by atoms with Gasteiger partial charge in [0.1, 0.15) is 40.4 Å². The minimum Gasteiger partial charge on any atom is -0.443 e. The van der Waals surface area contributed by atoms with Crippen LogP contribution in [0.15, 0.2) is 47.5 Å². The smallest absolute Gasteiger partial charge is 0.425 e. The van der Waals surface area contributed by atoms with Crippen LogP contribution < -0.4 is 10.2 Å². The maximum absolute atomic E-state index is 13.0. The number of pyridine rings is 1. The van der Waals surface area contributed by atoms with Gasteiger partial charge in [-0.05, 0) is 69.6 Å². The Hall–Kier alpha value is -3.48. The molecule has 1 aromatic carbocycles. The highest BCUT2D eigenvalue weighted by molar-refractivity contribution is 9.10. The van der Waals surface area contributed by atoms with Gasteiger partial charge in [-0.25, -0.2) is 29.2 Å². The van der Waals surface area contributed by atoms with Gasteiger partial charge < -0.3 is 14.8 Å². The van der Waals surface area contributed by atoms with E-state index in [1.54, 1.807) is 76.8 Å². The predicted octanol–water partition coefficient (Wildman–Crippen LogP) is 7.70. The van der Waals surface area contributed by atoms with Crippen molar-refractivity contribution in [2.75, 3.05) is 10.2 Å². The van der Waals surface area contributed by atoms with Crippen LogP contribution in [0.1, 0.15) is 41.5 Å². The van der Waals surface area contributed by atoms with E-state index in [1.165, 1.54) is 12.4 Å². The summed E-state index contributed by atoms with van der Waals surface area (Å²) in [5.74, 6) is 0.563. The third-order valence-corrected chi connectivity index (χ3v) is 6.14. The van der Waals surface area contributed by atoms with Gasteiger partial charge in [0.25, 0.3) is 0 Å². The molecule has 4 rings (SSSR count). The van der Waals surface area contributed by atoms with E-state index < -0.39 is 23.4 Å². The van der Waals surface area contributed by atoms with E-state index in [0.29, 0.717) is 41.8 Å². The van der Waals surface area contributed by atoms with Crippen molar-refractivity contribution in [2.45, 2.75) is 52.7 Å². The van der Waals surface area contributed by atoms with Gasteiger partial charge in [-0.2, -0.15) is 10.00 Å². The Morgan fingerprint density at radius 3 is 2.15 bits per heavy atom. The normalized spacial score (nSPS) is 11.8. The summed E-state index contributed by atoms with van der Waals surface area (Å²) in [6.07, 6.45) is 2.59. The molecule has 11 nitrogen and oxygen atoms in total. The van der Waals surface area contributed by atoms with Crippen molar-refractivity contribution in [1.29, 1.82) is 0 Å². The number of imide groups is 1. The van der Waals surface area contributed by atoms with E-state index in [-0.39, 0.29) is 11.6 Å². The first-order valence-electron chi connectivity index (χ1n) is 12.0. The van der Waals surface area contributed by atoms with Crippen molar-refractivity contribution < 1.29 is 19.1 Å². The average Bonchev–Trinajstić information content (AvgIpc) is 3.25. The molecule has 0 aliphatic carbocycles. The summed E-state index contributed by atoms with van der Waals surface area (Å²) < 4.78 is 13.1. The zero-order valence-corrected chi connectivity index (χ0v) is 25.6. The molecule has 3 aromatic heterocycles. The summed E-state index contributed by atoms with van der Waals surface area (Å²) in [4.78, 5) is 39.6. The number of para-hydroxylation sites is 1. The zero-order chi connectivity index (χ0) is 29.4. The number of hydrogen-bond donors (Lipinski definition) is 1. The van der Waals surface area contributed by atoms with Crippen LogP contribution in [0.5, 0.6) is 0 Å². The number of fused-ring (bicyclic) bond motifs is 1. The predicted molar refractivity (Wildman–Crippen MR) is 157 cm³/mol. The fraction of sp³-hybridized carbons (Fsp3) is 0.308. The van der Waals surface area contributed by atoms with Gasteiger partial charge in [-0.3, -0.25) is 0 Å². The van der Waals surface area contributed by atoms with E-state index in [9.17, 15) is 9.59 Å². The van der Waals surface area contributed by atoms with Crippen molar-refractivity contribution in [2.24, 2.45) is 0 Å². The maximum Gasteiger partial charge on any atom is 0.425 e. The van der Waals surface area contributed by atoms with Gasteiger partial charge in [0.15, 0.2) is 5.82 Å². The largest absolute Gasteiger partial charge is 0.443 e. The number of benzene rings is 1. The number of anilines is 3. The van der Waals surface area contributed by atoms with Gasteiger partial charge in [0.05, 0.1) is 19.9 Å². The number of carbonyl (C=O) groups excluding carboxylic acids is 2. The lowest BCUT2D eigenvalue weighted by atomic mass is 10.2. The Morgan fingerprint density at radius 1 is 0.975 bits per heavy atom. The van der Waals surface area contributed by atoms with Crippen molar-refractivity contribution in [3.05, 3.63) is 57.5 Å². The summed E-state index contributed by atoms with van der Waals surface area (Å²) in [5, 5.41) is 9.18. The number of nitrogens with zero attached hydrogens (tertiary/aromatic N) is 6. The third-order valence-electron chi connectivity index (χ3n) is 4.95. The van der Waals surface area contributed by atoms with Crippen LogP contribution in [-0.4, -0.2) is 48.1 Å². The van der Waals surface area contributed by atoms with E-state index in [4.69, 9.17) is 32.7 Å². The quantitative estimate of drug-likeness (QED) is 0.236. The molecule has 0 unspecified atom stereocenters. The Morgan fingerprint density at radius 2 is 1.57 bits per heavy atom. The van der Waals surface area contributed by atoms with E-state index in [2.05, 4.69) is 41.3 Å². The van der Waals surface area contributed by atoms with E-state index in [1.807, 2.05) is 0 Å². The molecule has 0 saturated heterocycles. The molecular formula is C26H26BrCl2N7O4. The molecule has 0 radical (unpaired) electrons. The number of amides is 2. The molecule has 0 saturated carbocycles. The molecule has 0 bridgehead atoms. The summed E-state index contributed by atoms with van der Waals surface area (Å²) in [6.45, 7) is 10.1. The number of aromatic nitrogens is 5. The van der Waals surface area contributed by atoms with Crippen molar-refractivity contribution >= 4 is 79.7 Å². The summed E-state index contributed by atoms with van der Waals surface area (Å²) in [5.41, 5.74) is -0.659. The number of carbonyl (C=O) groups is 2. The van der Waals surface area contributed by atoms with Crippen LogP contribution in [0.25, 0.3) is 16.6 Å². The van der Waals surface area contributed by atoms with Crippen LogP contribution >= 0.6 is 39.1 Å². The number of rotatable bonds is 4. The zero-order valence-electron chi connectivity index (χ0n) is 22.5. The average molecular weight is 651 g/mol. The summed E-state index contributed by atoms with van der Waals surface area (Å²) >= 11 is 16.3. The lowest BCUT2D eigenvalue weighted by Crippen LogP contribution is -2.44. The monoisotopic (exact) mass is 649 g/mol. The first-order valence-corrected chi connectivity index (χ1v) is 13.5. The molecule has 40 heavy (non-hydrogen) atoms. The van der Waals surface area contributed by atoms with Gasteiger partial charge in [-0.1, -0.05) is 29.3 Å². The van der Waals surface area contributed by atoms with Gasteiger partial charge in [-0.15, -0.1) is 0 Å². The lowest BCUT2D eigenvalue weighted by molar-refractivity contribution is 0.0429. The van der Waals surface area contributed by atoms with Gasteiger partial charge in [0, 0.05) is 18.5 Å². The SMILES string of the molecule is CC(C)(C)OC(=O)N(C(=O)OC(C)(C)C)c1cc(Nc2ncc(Br)c3nn(-c4c(Cl)cccc4Cl)cc23)ncn1. The van der Waals surface area contributed by atoms with Crippen LogP contribution in [-0.2, 0) is 9.47 Å². The third kappa shape index (κ3) is 6.80. The number of nitrogens with one attached hydrogen (secondary N) is 1. The Bertz CT molecular complexity index is 1550. The topological polar surface area (TPSA) is 124 Å². The van der Waals surface area contributed by atoms with Crippen LogP contribution in [0.4, 0.5) is 27.0 Å². The number of halogens is 3. The highest BCUT2D eigenvalue weighted by atomic mass is 79.9. The van der Waals surface area contributed by atoms with Gasteiger partial charge >= 0.3 is 12.2 Å². The van der Waals surface area contributed by atoms with Gasteiger partial charge in [0.2, 0.25) is 0 Å². The molecule has 0 spiro atoms. The first-order chi connectivity index (χ1) is 18.6. The molecule has 0 fully saturated rings. The Labute approximate surface area is 248 Å². The van der Waals surface area contributed by atoms with E-state index in [0.717, 1.165) is 0 Å². The fourth-order valence-corrected chi connectivity index (χ4v) is 4.40. The molecule has 0 aliphatic rings. The highest BCUT2D eigenvalue weighted by Crippen LogP contribution is 2.34. The van der Waals surface area contributed by atoms with Crippen molar-refractivity contribution in [1.82, 2.24) is 24.7 Å². The standard InChI is InChI=1S/C26H26BrCl2N7O4/c1-25(2,3)39-23(37)36(24(38)40-26(4,5)6)19-10-18(31-13-32-19)33-22-14-12-35(34-20(14)15(27)11-30-22)21-16(28)8-7-9-17(21)29/h7-13H,1-6H3,(H,30,31,32,33). The lowest BCUT2D eigenvalue weighted by Gasteiger charge is -2.28. The van der Waals surface area contributed by atoms with Crippen LogP contribution in [0.3, 0.4) is 0 Å². The molecule has 3 heterocycles. The molecule has 14 heteroatoms. The summed E-state index contributed by atoms with van der Waals surface area (Å²) in [6, 6.07) is 6.57. The van der Waals surface area contributed by atoms with Crippen LogP contribution in [0, 0.1) is 0 Å².